The lowest BCUT2D eigenvalue weighted by Crippen LogP contribution is -2.27. The van der Waals surface area contributed by atoms with Gasteiger partial charge < -0.3 is 14.8 Å². The molecule has 0 spiro atoms. The van der Waals surface area contributed by atoms with E-state index in [4.69, 9.17) is 9.52 Å². The Bertz CT molecular complexity index is 504. The lowest BCUT2D eigenvalue weighted by atomic mass is 10.1. The lowest BCUT2D eigenvalue weighted by molar-refractivity contribution is 0.0694. The number of furan rings is 1. The number of rotatable bonds is 6. The maximum absolute atomic E-state index is 10.9. The first-order chi connectivity index (χ1) is 8.66. The van der Waals surface area contributed by atoms with Crippen LogP contribution in [0.1, 0.15) is 28.6 Å². The molecule has 0 aliphatic heterocycles. The number of carboxylic acids is 1. The van der Waals surface area contributed by atoms with E-state index in [1.54, 1.807) is 11.3 Å². The van der Waals surface area contributed by atoms with Crippen molar-refractivity contribution in [2.75, 3.05) is 0 Å². The molecule has 2 aromatic heterocycles. The third kappa shape index (κ3) is 3.21. The number of hydrogen-bond donors (Lipinski definition) is 2. The highest BCUT2D eigenvalue weighted by Crippen LogP contribution is 2.12. The first-order valence-electron chi connectivity index (χ1n) is 5.71. The summed E-state index contributed by atoms with van der Waals surface area (Å²) in [6, 6.07) is 3.84. The van der Waals surface area contributed by atoms with E-state index in [0.29, 0.717) is 12.3 Å². The summed E-state index contributed by atoms with van der Waals surface area (Å²) in [6.45, 7) is 2.50. The molecule has 1 atom stereocenters. The summed E-state index contributed by atoms with van der Waals surface area (Å²) in [7, 11) is 0. The molecule has 4 nitrogen and oxygen atoms in total. The van der Waals surface area contributed by atoms with Gasteiger partial charge in [-0.15, -0.1) is 0 Å². The van der Waals surface area contributed by atoms with Crippen LogP contribution in [-0.2, 0) is 13.0 Å². The zero-order valence-corrected chi connectivity index (χ0v) is 10.9. The summed E-state index contributed by atoms with van der Waals surface area (Å²) in [5.74, 6) is -0.481. The zero-order valence-electron chi connectivity index (χ0n) is 10.1. The fourth-order valence-corrected chi connectivity index (χ4v) is 2.45. The van der Waals surface area contributed by atoms with E-state index >= 15 is 0 Å². The van der Waals surface area contributed by atoms with Gasteiger partial charge in [0, 0.05) is 6.04 Å². The van der Waals surface area contributed by atoms with Crippen LogP contribution >= 0.6 is 11.3 Å². The molecule has 18 heavy (non-hydrogen) atoms. The van der Waals surface area contributed by atoms with Gasteiger partial charge in [0.1, 0.15) is 11.3 Å². The summed E-state index contributed by atoms with van der Waals surface area (Å²) in [4.78, 5) is 10.9. The Balaban J connectivity index is 1.87. The number of hydrogen-bond acceptors (Lipinski definition) is 4. The molecule has 0 aliphatic rings. The summed E-state index contributed by atoms with van der Waals surface area (Å²) in [5.41, 5.74) is 1.52. The van der Waals surface area contributed by atoms with Gasteiger partial charge in [-0.2, -0.15) is 11.3 Å². The van der Waals surface area contributed by atoms with E-state index < -0.39 is 5.97 Å². The quantitative estimate of drug-likeness (QED) is 0.843. The molecule has 0 saturated heterocycles. The van der Waals surface area contributed by atoms with Gasteiger partial charge in [0.15, 0.2) is 0 Å². The standard InChI is InChI=1S/C13H15NO3S/c1-9(6-10-3-5-18-8-10)14-7-12-11(13(15)16)2-4-17-12/h2-5,8-9,14H,6-7H2,1H3,(H,15,16). The van der Waals surface area contributed by atoms with Crippen molar-refractivity contribution in [2.24, 2.45) is 0 Å². The van der Waals surface area contributed by atoms with Crippen molar-refractivity contribution in [1.82, 2.24) is 5.32 Å². The van der Waals surface area contributed by atoms with Crippen molar-refractivity contribution < 1.29 is 14.3 Å². The van der Waals surface area contributed by atoms with Crippen molar-refractivity contribution in [3.63, 3.8) is 0 Å². The van der Waals surface area contributed by atoms with Gasteiger partial charge in [0.25, 0.3) is 0 Å². The van der Waals surface area contributed by atoms with Gasteiger partial charge in [0.05, 0.1) is 12.8 Å². The number of carbonyl (C=O) groups is 1. The molecule has 0 aliphatic carbocycles. The molecule has 0 saturated carbocycles. The van der Waals surface area contributed by atoms with Gasteiger partial charge in [-0.25, -0.2) is 4.79 Å². The second-order valence-corrected chi connectivity index (χ2v) is 4.96. The van der Waals surface area contributed by atoms with Crippen LogP contribution in [0.25, 0.3) is 0 Å². The van der Waals surface area contributed by atoms with E-state index in [1.807, 2.05) is 0 Å². The maximum Gasteiger partial charge on any atom is 0.339 e. The maximum atomic E-state index is 10.9. The minimum Gasteiger partial charge on any atom is -0.478 e. The molecule has 0 amide bonds. The van der Waals surface area contributed by atoms with Crippen LogP contribution in [0.3, 0.4) is 0 Å². The smallest absolute Gasteiger partial charge is 0.339 e. The average molecular weight is 265 g/mol. The molecule has 1 unspecified atom stereocenters. The molecule has 0 bridgehead atoms. The number of aromatic carboxylic acids is 1. The largest absolute Gasteiger partial charge is 0.478 e. The van der Waals surface area contributed by atoms with Crippen LogP contribution in [0.4, 0.5) is 0 Å². The van der Waals surface area contributed by atoms with Crippen LogP contribution in [0, 0.1) is 0 Å². The Morgan fingerprint density at radius 1 is 1.56 bits per heavy atom. The Kier molecular flexibility index (Phi) is 4.17. The molecule has 2 rings (SSSR count). The van der Waals surface area contributed by atoms with Gasteiger partial charge >= 0.3 is 5.97 Å². The highest BCUT2D eigenvalue weighted by Gasteiger charge is 2.13. The summed E-state index contributed by atoms with van der Waals surface area (Å²) < 4.78 is 5.17. The fourth-order valence-electron chi connectivity index (χ4n) is 1.77. The normalized spacial score (nSPS) is 12.5. The zero-order chi connectivity index (χ0) is 13.0. The first-order valence-corrected chi connectivity index (χ1v) is 6.65. The Hall–Kier alpha value is -1.59. The minimum absolute atomic E-state index is 0.227. The predicted molar refractivity (Wildman–Crippen MR) is 70.0 cm³/mol. The van der Waals surface area contributed by atoms with Crippen molar-refractivity contribution in [3.05, 3.63) is 46.0 Å². The molecule has 2 aromatic rings. The van der Waals surface area contributed by atoms with Crippen LogP contribution in [0.15, 0.2) is 33.6 Å². The topological polar surface area (TPSA) is 62.5 Å². The summed E-state index contributed by atoms with van der Waals surface area (Å²) >= 11 is 1.68. The molecule has 2 N–H and O–H groups in total. The Morgan fingerprint density at radius 3 is 3.06 bits per heavy atom. The van der Waals surface area contributed by atoms with E-state index in [1.165, 1.54) is 17.9 Å². The fraction of sp³-hybridized carbons (Fsp3) is 0.308. The summed E-state index contributed by atoms with van der Waals surface area (Å²) in [5, 5.41) is 16.4. The first kappa shape index (κ1) is 12.9. The summed E-state index contributed by atoms with van der Waals surface area (Å²) in [6.07, 6.45) is 2.33. The van der Waals surface area contributed by atoms with E-state index in [9.17, 15) is 4.79 Å². The third-order valence-electron chi connectivity index (χ3n) is 2.71. The molecule has 0 radical (unpaired) electrons. The number of carboxylic acid groups (broad SMARTS) is 1. The highest BCUT2D eigenvalue weighted by molar-refractivity contribution is 7.07. The molecular formula is C13H15NO3S. The van der Waals surface area contributed by atoms with Gasteiger partial charge in [-0.05, 0) is 41.8 Å². The van der Waals surface area contributed by atoms with Crippen LogP contribution in [0.5, 0.6) is 0 Å². The number of nitrogens with one attached hydrogen (secondary N) is 1. The molecular weight excluding hydrogens is 250 g/mol. The second-order valence-electron chi connectivity index (χ2n) is 4.18. The predicted octanol–water partition coefficient (Wildman–Crippen LogP) is 2.76. The monoisotopic (exact) mass is 265 g/mol. The SMILES string of the molecule is CC(Cc1ccsc1)NCc1occc1C(=O)O. The van der Waals surface area contributed by atoms with Crippen LogP contribution < -0.4 is 5.32 Å². The van der Waals surface area contributed by atoms with E-state index in [0.717, 1.165) is 6.42 Å². The highest BCUT2D eigenvalue weighted by atomic mass is 32.1. The minimum atomic E-state index is -0.953. The Morgan fingerprint density at radius 2 is 2.39 bits per heavy atom. The van der Waals surface area contributed by atoms with Crippen LogP contribution in [-0.4, -0.2) is 17.1 Å². The van der Waals surface area contributed by atoms with Crippen molar-refractivity contribution >= 4 is 17.3 Å². The molecule has 0 fully saturated rings. The van der Waals surface area contributed by atoms with E-state index in [-0.39, 0.29) is 11.6 Å². The van der Waals surface area contributed by atoms with Crippen molar-refractivity contribution in [2.45, 2.75) is 25.9 Å². The van der Waals surface area contributed by atoms with Crippen molar-refractivity contribution in [1.29, 1.82) is 0 Å². The van der Waals surface area contributed by atoms with Crippen LogP contribution in [0.2, 0.25) is 0 Å². The Labute approximate surface area is 109 Å². The third-order valence-corrected chi connectivity index (χ3v) is 3.44. The van der Waals surface area contributed by atoms with Gasteiger partial charge in [-0.1, -0.05) is 0 Å². The molecule has 0 aromatic carbocycles. The van der Waals surface area contributed by atoms with Gasteiger partial charge in [-0.3, -0.25) is 0 Å². The number of thiophene rings is 1. The van der Waals surface area contributed by atoms with Crippen molar-refractivity contribution in [3.8, 4) is 0 Å². The lowest BCUT2D eigenvalue weighted by Gasteiger charge is -2.12. The molecule has 2 heterocycles. The van der Waals surface area contributed by atoms with E-state index in [2.05, 4.69) is 29.1 Å². The molecule has 5 heteroatoms. The van der Waals surface area contributed by atoms with Gasteiger partial charge in [0.2, 0.25) is 0 Å². The average Bonchev–Trinajstić information content (AvgIpc) is 2.96. The second kappa shape index (κ2) is 5.84. The molecule has 96 valence electrons.